The maximum absolute atomic E-state index is 5.45. The zero-order valence-corrected chi connectivity index (χ0v) is 34.0. The Balaban J connectivity index is 0.866. The van der Waals surface area contributed by atoms with Crippen LogP contribution < -0.4 is 0 Å². The summed E-state index contributed by atoms with van der Waals surface area (Å²) >= 11 is 0. The van der Waals surface area contributed by atoms with Gasteiger partial charge in [0.1, 0.15) is 0 Å². The molecule has 10 atom stereocenters. The van der Waals surface area contributed by atoms with Crippen molar-refractivity contribution in [2.45, 2.75) is 217 Å². The molecule has 2 aliphatic heterocycles. The van der Waals surface area contributed by atoms with Gasteiger partial charge in [0.25, 0.3) is 0 Å². The van der Waals surface area contributed by atoms with Crippen LogP contribution in [0.4, 0.5) is 0 Å². The van der Waals surface area contributed by atoms with Gasteiger partial charge in [0.15, 0.2) is 0 Å². The number of fused-ring (bicyclic) bond motifs is 6. The predicted molar refractivity (Wildman–Crippen MR) is 219 cm³/mol. The SMILES string of the molecule is CCN1C2CCCCC2C2CC(/C=N/N(CCCCN(/N=C/C3CCC4C(C3)C3CCCCC3N4CC)C3CCCCC3)C3CCCCC3)CCC21. The highest BCUT2D eigenvalue weighted by atomic mass is 15.5. The Labute approximate surface area is 320 Å². The molecule has 52 heavy (non-hydrogen) atoms. The van der Waals surface area contributed by atoms with E-state index < -0.39 is 0 Å². The Hall–Kier alpha value is -1.14. The summed E-state index contributed by atoms with van der Waals surface area (Å²) in [6.45, 7) is 9.66. The first-order valence-electron chi connectivity index (χ1n) is 23.8. The van der Waals surface area contributed by atoms with E-state index in [1.807, 2.05) is 0 Å². The minimum absolute atomic E-state index is 0.664. The standard InChI is InChI=1S/C46H80N6/c1-3-49-43-23-13-11-21-39(43)41-31-35(25-27-45(41)49)33-47-51(37-17-7-5-8-18-37)29-15-16-30-52(38-19-9-6-10-20-38)48-34-36-26-28-46-42(32-36)40-22-12-14-24-44(40)50(46)4-2/h33-46H,3-32H2,1-2H3/b47-33+,48-34+. The van der Waals surface area contributed by atoms with Crippen LogP contribution in [0.2, 0.25) is 0 Å². The zero-order chi connectivity index (χ0) is 35.3. The van der Waals surface area contributed by atoms with Gasteiger partial charge in [-0.1, -0.05) is 78.1 Å². The molecule has 0 aromatic rings. The third-order valence-corrected chi connectivity index (χ3v) is 16.8. The number of hydrazone groups is 2. The van der Waals surface area contributed by atoms with Crippen molar-refractivity contribution in [2.75, 3.05) is 26.2 Å². The lowest BCUT2D eigenvalue weighted by atomic mass is 9.70. The zero-order valence-electron chi connectivity index (χ0n) is 34.0. The average molecular weight is 717 g/mol. The second kappa shape index (κ2) is 18.2. The second-order valence-electron chi connectivity index (χ2n) is 19.4. The molecule has 0 aromatic carbocycles. The Morgan fingerprint density at radius 1 is 0.442 bits per heavy atom. The highest BCUT2D eigenvalue weighted by Gasteiger charge is 2.51. The Morgan fingerprint density at radius 3 is 1.25 bits per heavy atom. The molecule has 0 N–H and O–H groups in total. The second-order valence-corrected chi connectivity index (χ2v) is 19.4. The van der Waals surface area contributed by atoms with Crippen LogP contribution in [0.3, 0.4) is 0 Å². The molecule has 6 aliphatic carbocycles. The number of rotatable bonds is 13. The van der Waals surface area contributed by atoms with Crippen molar-refractivity contribution in [3.05, 3.63) is 0 Å². The highest BCUT2D eigenvalue weighted by molar-refractivity contribution is 5.61. The number of unbranched alkanes of at least 4 members (excludes halogenated alkanes) is 1. The first-order chi connectivity index (χ1) is 25.7. The van der Waals surface area contributed by atoms with Gasteiger partial charge in [-0.15, -0.1) is 0 Å². The Bertz CT molecular complexity index is 1040. The van der Waals surface area contributed by atoms with Crippen molar-refractivity contribution in [3.63, 3.8) is 0 Å². The lowest BCUT2D eigenvalue weighted by Crippen LogP contribution is -2.40. The van der Waals surface area contributed by atoms with Crippen molar-refractivity contribution >= 4 is 12.4 Å². The summed E-state index contributed by atoms with van der Waals surface area (Å²) in [5, 5.41) is 16.1. The minimum atomic E-state index is 0.664. The van der Waals surface area contributed by atoms with Crippen LogP contribution in [0.25, 0.3) is 0 Å². The van der Waals surface area contributed by atoms with E-state index in [1.165, 1.54) is 180 Å². The summed E-state index contributed by atoms with van der Waals surface area (Å²) in [6, 6.07) is 4.83. The van der Waals surface area contributed by atoms with Crippen LogP contribution in [-0.2, 0) is 0 Å². The number of hydrogen-bond acceptors (Lipinski definition) is 6. The summed E-state index contributed by atoms with van der Waals surface area (Å²) in [7, 11) is 0. The molecule has 8 aliphatic rings. The van der Waals surface area contributed by atoms with E-state index in [1.54, 1.807) is 0 Å². The molecule has 0 radical (unpaired) electrons. The molecule has 294 valence electrons. The number of likely N-dealkylation sites (tertiary alicyclic amines) is 2. The van der Waals surface area contributed by atoms with Crippen LogP contribution in [0.5, 0.6) is 0 Å². The van der Waals surface area contributed by atoms with E-state index in [9.17, 15) is 0 Å². The van der Waals surface area contributed by atoms with E-state index in [0.29, 0.717) is 23.9 Å². The molecule has 6 nitrogen and oxygen atoms in total. The van der Waals surface area contributed by atoms with Crippen molar-refractivity contribution < 1.29 is 0 Å². The van der Waals surface area contributed by atoms with E-state index >= 15 is 0 Å². The highest BCUT2D eigenvalue weighted by Crippen LogP contribution is 2.51. The molecule has 0 amide bonds. The van der Waals surface area contributed by atoms with Gasteiger partial charge < -0.3 is 0 Å². The molecule has 0 aromatic heterocycles. The summed E-state index contributed by atoms with van der Waals surface area (Å²) in [5.74, 6) is 5.16. The molecule has 0 spiro atoms. The fourth-order valence-corrected chi connectivity index (χ4v) is 14.3. The first-order valence-corrected chi connectivity index (χ1v) is 23.8. The Morgan fingerprint density at radius 2 is 0.827 bits per heavy atom. The quantitative estimate of drug-likeness (QED) is 0.108. The fourth-order valence-electron chi connectivity index (χ4n) is 14.3. The van der Waals surface area contributed by atoms with E-state index in [2.05, 4.69) is 46.1 Å². The lowest BCUT2D eigenvalue weighted by Gasteiger charge is -2.37. The lowest BCUT2D eigenvalue weighted by molar-refractivity contribution is 0.135. The normalized spacial score (nSPS) is 39.4. The predicted octanol–water partition coefficient (Wildman–Crippen LogP) is 10.4. The topological polar surface area (TPSA) is 37.7 Å². The molecular formula is C46H80N6. The van der Waals surface area contributed by atoms with Crippen molar-refractivity contribution in [3.8, 4) is 0 Å². The van der Waals surface area contributed by atoms with E-state index in [0.717, 1.165) is 60.9 Å². The third kappa shape index (κ3) is 8.34. The molecule has 6 saturated carbocycles. The number of hydrogen-bond donors (Lipinski definition) is 0. The average Bonchev–Trinajstić information content (AvgIpc) is 3.70. The summed E-state index contributed by atoms with van der Waals surface area (Å²) in [4.78, 5) is 5.89. The molecule has 10 unspecified atom stereocenters. The fraction of sp³-hybridized carbons (Fsp3) is 0.957. The van der Waals surface area contributed by atoms with Gasteiger partial charge in [0, 0.05) is 61.8 Å². The van der Waals surface area contributed by atoms with Crippen LogP contribution in [-0.4, -0.2) is 94.7 Å². The molecule has 8 rings (SSSR count). The van der Waals surface area contributed by atoms with Gasteiger partial charge >= 0.3 is 0 Å². The molecule has 0 bridgehead atoms. The van der Waals surface area contributed by atoms with Gasteiger partial charge in [0.2, 0.25) is 0 Å². The monoisotopic (exact) mass is 717 g/mol. The molecule has 2 heterocycles. The van der Waals surface area contributed by atoms with Crippen molar-refractivity contribution in [1.82, 2.24) is 19.8 Å². The number of nitrogens with zero attached hydrogens (tertiary/aromatic N) is 6. The van der Waals surface area contributed by atoms with Gasteiger partial charge in [-0.2, -0.15) is 10.2 Å². The van der Waals surface area contributed by atoms with Crippen LogP contribution in [0.1, 0.15) is 181 Å². The van der Waals surface area contributed by atoms with Crippen LogP contribution in [0, 0.1) is 35.5 Å². The smallest absolute Gasteiger partial charge is 0.0470 e. The molecule has 8 fully saturated rings. The first kappa shape index (κ1) is 37.8. The summed E-state index contributed by atoms with van der Waals surface area (Å²) in [5.41, 5.74) is 0. The largest absolute Gasteiger partial charge is 0.297 e. The van der Waals surface area contributed by atoms with Crippen molar-refractivity contribution in [1.29, 1.82) is 0 Å². The van der Waals surface area contributed by atoms with Gasteiger partial charge in [0.05, 0.1) is 0 Å². The van der Waals surface area contributed by atoms with Crippen LogP contribution >= 0.6 is 0 Å². The van der Waals surface area contributed by atoms with E-state index in [-0.39, 0.29) is 0 Å². The molecule has 2 saturated heterocycles. The van der Waals surface area contributed by atoms with Crippen LogP contribution in [0.15, 0.2) is 10.2 Å². The van der Waals surface area contributed by atoms with Gasteiger partial charge in [-0.3, -0.25) is 19.8 Å². The Kier molecular flexibility index (Phi) is 13.2. The summed E-state index contributed by atoms with van der Waals surface area (Å²) < 4.78 is 0. The molecule has 6 heteroatoms. The summed E-state index contributed by atoms with van der Waals surface area (Å²) in [6.07, 6.45) is 41.4. The van der Waals surface area contributed by atoms with Gasteiger partial charge in [-0.25, -0.2) is 0 Å². The van der Waals surface area contributed by atoms with Crippen molar-refractivity contribution in [2.24, 2.45) is 45.7 Å². The maximum atomic E-state index is 5.45. The maximum Gasteiger partial charge on any atom is 0.0470 e. The van der Waals surface area contributed by atoms with Gasteiger partial charge in [-0.05, 0) is 151 Å². The molecular weight excluding hydrogens is 637 g/mol. The third-order valence-electron chi connectivity index (χ3n) is 16.8. The minimum Gasteiger partial charge on any atom is -0.297 e. The van der Waals surface area contributed by atoms with E-state index in [4.69, 9.17) is 10.2 Å².